The van der Waals surface area contributed by atoms with E-state index in [2.05, 4.69) is 11.8 Å². The lowest BCUT2D eigenvalue weighted by Crippen LogP contribution is -2.52. The first-order chi connectivity index (χ1) is 7.04. The second-order valence-corrected chi connectivity index (χ2v) is 4.54. The lowest BCUT2D eigenvalue weighted by molar-refractivity contribution is -0.140. The van der Waals surface area contributed by atoms with Gasteiger partial charge in [0.05, 0.1) is 0 Å². The Kier molecular flexibility index (Phi) is 4.54. The van der Waals surface area contributed by atoms with Crippen LogP contribution in [0.2, 0.25) is 0 Å². The third-order valence-electron chi connectivity index (χ3n) is 3.43. The molecule has 15 heavy (non-hydrogen) atoms. The first kappa shape index (κ1) is 12.5. The van der Waals surface area contributed by atoms with E-state index in [-0.39, 0.29) is 6.04 Å². The summed E-state index contributed by atoms with van der Waals surface area (Å²) in [6.45, 7) is 5.06. The number of hydrogen-bond donors (Lipinski definition) is 2. The Bertz CT molecular complexity index is 221. The molecule has 1 fully saturated rings. The highest BCUT2D eigenvalue weighted by atomic mass is 16.4. The van der Waals surface area contributed by atoms with Crippen LogP contribution in [0, 0.1) is 0 Å². The molecule has 4 heteroatoms. The summed E-state index contributed by atoms with van der Waals surface area (Å²) in [7, 11) is 0. The van der Waals surface area contributed by atoms with Crippen LogP contribution >= 0.6 is 0 Å². The van der Waals surface area contributed by atoms with Gasteiger partial charge < -0.3 is 10.8 Å². The number of carboxylic acid groups (broad SMARTS) is 1. The maximum Gasteiger partial charge on any atom is 0.322 e. The zero-order valence-corrected chi connectivity index (χ0v) is 9.65. The maximum absolute atomic E-state index is 10.8. The van der Waals surface area contributed by atoms with Gasteiger partial charge in [-0.15, -0.1) is 0 Å². The monoisotopic (exact) mass is 214 g/mol. The van der Waals surface area contributed by atoms with Crippen LogP contribution < -0.4 is 5.73 Å². The van der Waals surface area contributed by atoms with E-state index in [1.165, 1.54) is 12.8 Å². The molecule has 1 aliphatic rings. The first-order valence-electron chi connectivity index (χ1n) is 5.78. The van der Waals surface area contributed by atoms with E-state index in [1.54, 1.807) is 0 Å². The molecule has 1 saturated heterocycles. The van der Waals surface area contributed by atoms with Gasteiger partial charge in [0.15, 0.2) is 0 Å². The highest BCUT2D eigenvalue weighted by Gasteiger charge is 2.29. The fourth-order valence-electron chi connectivity index (χ4n) is 2.31. The van der Waals surface area contributed by atoms with Gasteiger partial charge in [-0.05, 0) is 33.2 Å². The molecule has 0 bridgehead atoms. The van der Waals surface area contributed by atoms with Crippen LogP contribution in [0.5, 0.6) is 0 Å². The molecule has 1 aliphatic heterocycles. The van der Waals surface area contributed by atoms with Crippen molar-refractivity contribution in [1.82, 2.24) is 4.90 Å². The smallest absolute Gasteiger partial charge is 0.322 e. The van der Waals surface area contributed by atoms with E-state index in [4.69, 9.17) is 10.8 Å². The SMILES string of the molecule is CC1CCCCCN1C(C)C(N)C(=O)O. The quantitative estimate of drug-likeness (QED) is 0.737. The molecule has 0 spiro atoms. The lowest BCUT2D eigenvalue weighted by Gasteiger charge is -2.34. The van der Waals surface area contributed by atoms with Crippen LogP contribution in [-0.2, 0) is 4.79 Å². The van der Waals surface area contributed by atoms with E-state index in [1.807, 2.05) is 6.92 Å². The van der Waals surface area contributed by atoms with Gasteiger partial charge in [0.2, 0.25) is 0 Å². The van der Waals surface area contributed by atoms with Crippen molar-refractivity contribution in [2.24, 2.45) is 5.73 Å². The molecule has 0 radical (unpaired) electrons. The average Bonchev–Trinajstić information content (AvgIpc) is 2.40. The molecule has 3 unspecified atom stereocenters. The molecule has 0 amide bonds. The second kappa shape index (κ2) is 5.47. The van der Waals surface area contributed by atoms with Gasteiger partial charge >= 0.3 is 5.97 Å². The Hall–Kier alpha value is -0.610. The van der Waals surface area contributed by atoms with Gasteiger partial charge in [0.25, 0.3) is 0 Å². The minimum atomic E-state index is -0.904. The Balaban J connectivity index is 2.62. The van der Waals surface area contributed by atoms with E-state index < -0.39 is 12.0 Å². The fourth-order valence-corrected chi connectivity index (χ4v) is 2.31. The number of nitrogens with zero attached hydrogens (tertiary/aromatic N) is 1. The number of carbonyl (C=O) groups is 1. The number of aliphatic carboxylic acids is 1. The number of likely N-dealkylation sites (tertiary alicyclic amines) is 1. The van der Waals surface area contributed by atoms with Crippen LogP contribution in [0.1, 0.15) is 39.5 Å². The normalized spacial score (nSPS) is 28.1. The first-order valence-corrected chi connectivity index (χ1v) is 5.78. The summed E-state index contributed by atoms with van der Waals surface area (Å²) in [5.41, 5.74) is 5.66. The Labute approximate surface area is 91.4 Å². The molecule has 0 saturated carbocycles. The molecular formula is C11H22N2O2. The van der Waals surface area contributed by atoms with Crippen LogP contribution in [0.3, 0.4) is 0 Å². The molecule has 4 nitrogen and oxygen atoms in total. The zero-order chi connectivity index (χ0) is 11.4. The van der Waals surface area contributed by atoms with Crippen molar-refractivity contribution in [2.75, 3.05) is 6.54 Å². The number of rotatable bonds is 3. The Morgan fingerprint density at radius 3 is 2.73 bits per heavy atom. The largest absolute Gasteiger partial charge is 0.480 e. The van der Waals surface area contributed by atoms with Gasteiger partial charge in [-0.2, -0.15) is 0 Å². The average molecular weight is 214 g/mol. The molecule has 0 aliphatic carbocycles. The van der Waals surface area contributed by atoms with Crippen LogP contribution in [-0.4, -0.2) is 40.6 Å². The topological polar surface area (TPSA) is 66.6 Å². The summed E-state index contributed by atoms with van der Waals surface area (Å²) in [5.74, 6) is -0.904. The number of hydrogen-bond acceptors (Lipinski definition) is 3. The summed E-state index contributed by atoms with van der Waals surface area (Å²) in [6.07, 6.45) is 4.79. The van der Waals surface area contributed by atoms with E-state index in [0.717, 1.165) is 19.4 Å². The fraction of sp³-hybridized carbons (Fsp3) is 0.909. The molecule has 88 valence electrons. The molecule has 0 aromatic carbocycles. The van der Waals surface area contributed by atoms with Gasteiger partial charge in [0.1, 0.15) is 6.04 Å². The molecule has 0 aromatic rings. The van der Waals surface area contributed by atoms with Crippen molar-refractivity contribution in [3.8, 4) is 0 Å². The zero-order valence-electron chi connectivity index (χ0n) is 9.65. The third-order valence-corrected chi connectivity index (χ3v) is 3.43. The molecule has 3 atom stereocenters. The van der Waals surface area contributed by atoms with Crippen LogP contribution in [0.4, 0.5) is 0 Å². The van der Waals surface area contributed by atoms with Crippen LogP contribution in [0.15, 0.2) is 0 Å². The third kappa shape index (κ3) is 3.18. The van der Waals surface area contributed by atoms with E-state index in [9.17, 15) is 4.79 Å². The van der Waals surface area contributed by atoms with Crippen molar-refractivity contribution in [3.05, 3.63) is 0 Å². The van der Waals surface area contributed by atoms with Gasteiger partial charge in [-0.1, -0.05) is 12.8 Å². The number of carboxylic acids is 1. The molecule has 1 rings (SSSR count). The van der Waals surface area contributed by atoms with Crippen molar-refractivity contribution < 1.29 is 9.90 Å². The maximum atomic E-state index is 10.8. The van der Waals surface area contributed by atoms with Gasteiger partial charge in [-0.3, -0.25) is 9.69 Å². The standard InChI is InChI=1S/C11H22N2O2/c1-8-6-4-3-5-7-13(8)9(2)10(12)11(14)15/h8-10H,3-7,12H2,1-2H3,(H,14,15). The highest BCUT2D eigenvalue weighted by Crippen LogP contribution is 2.19. The molecule has 3 N–H and O–H groups in total. The molecule has 1 heterocycles. The summed E-state index contributed by atoms with van der Waals surface area (Å²) in [5, 5.41) is 8.89. The predicted molar refractivity (Wildman–Crippen MR) is 59.7 cm³/mol. The summed E-state index contributed by atoms with van der Waals surface area (Å²) >= 11 is 0. The van der Waals surface area contributed by atoms with Gasteiger partial charge in [0, 0.05) is 12.1 Å². The summed E-state index contributed by atoms with van der Waals surface area (Å²) < 4.78 is 0. The molecular weight excluding hydrogens is 192 g/mol. The minimum Gasteiger partial charge on any atom is -0.480 e. The summed E-state index contributed by atoms with van der Waals surface area (Å²) in [6, 6.07) is -0.394. The summed E-state index contributed by atoms with van der Waals surface area (Å²) in [4.78, 5) is 13.1. The van der Waals surface area contributed by atoms with Crippen molar-refractivity contribution >= 4 is 5.97 Å². The predicted octanol–water partition coefficient (Wildman–Crippen LogP) is 1.05. The van der Waals surface area contributed by atoms with Crippen LogP contribution in [0.25, 0.3) is 0 Å². The molecule has 0 aromatic heterocycles. The minimum absolute atomic E-state index is 0.0735. The lowest BCUT2D eigenvalue weighted by atomic mass is 10.1. The highest BCUT2D eigenvalue weighted by molar-refractivity contribution is 5.74. The van der Waals surface area contributed by atoms with Crippen molar-refractivity contribution in [2.45, 2.75) is 57.7 Å². The Morgan fingerprint density at radius 2 is 2.13 bits per heavy atom. The van der Waals surface area contributed by atoms with Gasteiger partial charge in [-0.25, -0.2) is 0 Å². The Morgan fingerprint density at radius 1 is 1.47 bits per heavy atom. The van der Waals surface area contributed by atoms with Crippen molar-refractivity contribution in [3.63, 3.8) is 0 Å². The van der Waals surface area contributed by atoms with E-state index in [0.29, 0.717) is 6.04 Å². The second-order valence-electron chi connectivity index (χ2n) is 4.54. The number of nitrogens with two attached hydrogens (primary N) is 1. The van der Waals surface area contributed by atoms with E-state index >= 15 is 0 Å². The van der Waals surface area contributed by atoms with Crippen molar-refractivity contribution in [1.29, 1.82) is 0 Å².